The molecule has 0 aliphatic rings. The van der Waals surface area contributed by atoms with E-state index < -0.39 is 5.91 Å². The zero-order valence-electron chi connectivity index (χ0n) is 16.1. The van der Waals surface area contributed by atoms with E-state index in [9.17, 15) is 10.1 Å². The number of hydrogen-bond acceptors (Lipinski definition) is 4. The van der Waals surface area contributed by atoms with Crippen LogP contribution in [0.5, 0.6) is 11.5 Å². The first kappa shape index (κ1) is 20.3. The minimum Gasteiger partial charge on any atom is -0.493 e. The molecule has 0 aliphatic carbocycles. The maximum absolute atomic E-state index is 12.5. The van der Waals surface area contributed by atoms with Crippen molar-refractivity contribution in [1.29, 1.82) is 5.26 Å². The van der Waals surface area contributed by atoms with Gasteiger partial charge in [-0.1, -0.05) is 29.8 Å². The summed E-state index contributed by atoms with van der Waals surface area (Å²) in [5.74, 6) is 0.467. The number of amides is 1. The SMILES string of the molecule is COc1cc(Cl)c(/C=C(/C#N)C(=O)NCCc2c[nH]c3ccccc23)cc1OC. The third-order valence-corrected chi connectivity index (χ3v) is 4.85. The van der Waals surface area contributed by atoms with Gasteiger partial charge in [0, 0.05) is 29.7 Å². The van der Waals surface area contributed by atoms with E-state index in [0.717, 1.165) is 16.5 Å². The van der Waals surface area contributed by atoms with Crippen LogP contribution >= 0.6 is 11.6 Å². The van der Waals surface area contributed by atoms with Crippen molar-refractivity contribution in [3.8, 4) is 17.6 Å². The van der Waals surface area contributed by atoms with E-state index in [-0.39, 0.29) is 5.57 Å². The highest BCUT2D eigenvalue weighted by atomic mass is 35.5. The van der Waals surface area contributed by atoms with Gasteiger partial charge in [0.1, 0.15) is 11.6 Å². The predicted molar refractivity (Wildman–Crippen MR) is 113 cm³/mol. The normalized spacial score (nSPS) is 11.2. The number of carbonyl (C=O) groups is 1. The lowest BCUT2D eigenvalue weighted by Crippen LogP contribution is -2.26. The maximum Gasteiger partial charge on any atom is 0.261 e. The largest absolute Gasteiger partial charge is 0.493 e. The standard InChI is InChI=1S/C22H20ClN3O3/c1-28-20-10-15(18(23)11-21(20)29-2)9-16(12-24)22(27)25-8-7-14-13-26-19-6-4-3-5-17(14)19/h3-6,9-11,13,26H,7-8H2,1-2H3,(H,25,27)/b16-9-. The first-order valence-corrected chi connectivity index (χ1v) is 9.31. The molecule has 1 heterocycles. The third-order valence-electron chi connectivity index (χ3n) is 4.52. The third kappa shape index (κ3) is 4.53. The highest BCUT2D eigenvalue weighted by molar-refractivity contribution is 6.32. The number of nitrogens with zero attached hydrogens (tertiary/aromatic N) is 1. The second-order valence-electron chi connectivity index (χ2n) is 6.26. The van der Waals surface area contributed by atoms with E-state index in [2.05, 4.69) is 10.3 Å². The van der Waals surface area contributed by atoms with Crippen molar-refractivity contribution in [1.82, 2.24) is 10.3 Å². The molecule has 0 spiro atoms. The molecule has 7 heteroatoms. The van der Waals surface area contributed by atoms with E-state index in [0.29, 0.717) is 35.1 Å². The van der Waals surface area contributed by atoms with Crippen LogP contribution in [-0.4, -0.2) is 31.7 Å². The summed E-state index contributed by atoms with van der Waals surface area (Å²) in [4.78, 5) is 15.7. The smallest absolute Gasteiger partial charge is 0.261 e. The number of nitrogens with one attached hydrogen (secondary N) is 2. The molecular formula is C22H20ClN3O3. The molecule has 0 bridgehead atoms. The molecule has 0 saturated heterocycles. The summed E-state index contributed by atoms with van der Waals surface area (Å²) >= 11 is 6.25. The molecule has 3 rings (SSSR count). The number of benzene rings is 2. The summed E-state index contributed by atoms with van der Waals surface area (Å²) in [5.41, 5.74) is 2.60. The molecular weight excluding hydrogens is 390 g/mol. The van der Waals surface area contributed by atoms with Crippen molar-refractivity contribution in [3.63, 3.8) is 0 Å². The van der Waals surface area contributed by atoms with Gasteiger partial charge in [-0.2, -0.15) is 5.26 Å². The number of nitriles is 1. The van der Waals surface area contributed by atoms with E-state index in [1.54, 1.807) is 12.1 Å². The molecule has 3 aromatic rings. The predicted octanol–water partition coefficient (Wildman–Crippen LogP) is 4.10. The molecule has 1 aromatic heterocycles. The number of hydrogen-bond donors (Lipinski definition) is 2. The van der Waals surface area contributed by atoms with Crippen molar-refractivity contribution in [2.75, 3.05) is 20.8 Å². The molecule has 0 aliphatic heterocycles. The summed E-state index contributed by atoms with van der Waals surface area (Å²) in [7, 11) is 3.01. The summed E-state index contributed by atoms with van der Waals surface area (Å²) in [6, 6.07) is 13.1. The van der Waals surface area contributed by atoms with Gasteiger partial charge in [0.2, 0.25) is 0 Å². The van der Waals surface area contributed by atoms with Gasteiger partial charge in [0.25, 0.3) is 5.91 Å². The van der Waals surface area contributed by atoms with Crippen LogP contribution < -0.4 is 14.8 Å². The van der Waals surface area contributed by atoms with Crippen molar-refractivity contribution in [3.05, 3.63) is 64.3 Å². The molecule has 0 atom stereocenters. The van der Waals surface area contributed by atoms with Crippen molar-refractivity contribution in [2.24, 2.45) is 0 Å². The molecule has 1 amide bonds. The minimum absolute atomic E-state index is 0.0435. The van der Waals surface area contributed by atoms with E-state index in [1.165, 1.54) is 20.3 Å². The van der Waals surface area contributed by atoms with Crippen LogP contribution in [0, 0.1) is 11.3 Å². The van der Waals surface area contributed by atoms with Crippen molar-refractivity contribution in [2.45, 2.75) is 6.42 Å². The molecule has 0 unspecified atom stereocenters. The number of ether oxygens (including phenoxy) is 2. The molecule has 0 radical (unpaired) electrons. The Morgan fingerprint density at radius 2 is 1.97 bits per heavy atom. The van der Waals surface area contributed by atoms with Crippen LogP contribution in [0.15, 0.2) is 48.2 Å². The van der Waals surface area contributed by atoms with Gasteiger partial charge < -0.3 is 19.8 Å². The van der Waals surface area contributed by atoms with Crippen molar-refractivity contribution < 1.29 is 14.3 Å². The molecule has 148 valence electrons. The maximum atomic E-state index is 12.5. The first-order valence-electron chi connectivity index (χ1n) is 8.94. The summed E-state index contributed by atoms with van der Waals surface area (Å²) in [6.07, 6.45) is 4.01. The van der Waals surface area contributed by atoms with Crippen LogP contribution in [0.3, 0.4) is 0 Å². The van der Waals surface area contributed by atoms with Crippen LogP contribution in [0.25, 0.3) is 17.0 Å². The molecule has 2 aromatic carbocycles. The van der Waals surface area contributed by atoms with E-state index in [4.69, 9.17) is 21.1 Å². The Morgan fingerprint density at radius 1 is 1.24 bits per heavy atom. The fourth-order valence-electron chi connectivity index (χ4n) is 3.03. The number of aromatic nitrogens is 1. The van der Waals surface area contributed by atoms with Crippen LogP contribution in [0.4, 0.5) is 0 Å². The van der Waals surface area contributed by atoms with Crippen molar-refractivity contribution >= 4 is 34.5 Å². The Bertz CT molecular complexity index is 1110. The zero-order valence-corrected chi connectivity index (χ0v) is 16.8. The molecule has 29 heavy (non-hydrogen) atoms. The number of fused-ring (bicyclic) bond motifs is 1. The number of carbonyl (C=O) groups excluding carboxylic acids is 1. The lowest BCUT2D eigenvalue weighted by Gasteiger charge is -2.10. The number of methoxy groups -OCH3 is 2. The van der Waals surface area contributed by atoms with Gasteiger partial charge in [0.15, 0.2) is 11.5 Å². The lowest BCUT2D eigenvalue weighted by molar-refractivity contribution is -0.117. The Hall–Kier alpha value is -3.43. The fraction of sp³-hybridized carbons (Fsp3) is 0.182. The monoisotopic (exact) mass is 409 g/mol. The van der Waals surface area contributed by atoms with Crippen LogP contribution in [0.2, 0.25) is 5.02 Å². The Morgan fingerprint density at radius 3 is 2.69 bits per heavy atom. The highest BCUT2D eigenvalue weighted by Crippen LogP contribution is 2.34. The molecule has 2 N–H and O–H groups in total. The first-order chi connectivity index (χ1) is 14.1. The minimum atomic E-state index is -0.460. The van der Waals surface area contributed by atoms with Gasteiger partial charge in [-0.25, -0.2) is 0 Å². The van der Waals surface area contributed by atoms with Gasteiger partial charge in [-0.15, -0.1) is 0 Å². The number of halogens is 1. The quantitative estimate of drug-likeness (QED) is 0.454. The van der Waals surface area contributed by atoms with E-state index in [1.807, 2.05) is 36.5 Å². The fourth-order valence-corrected chi connectivity index (χ4v) is 3.24. The molecule has 6 nitrogen and oxygen atoms in total. The zero-order chi connectivity index (χ0) is 20.8. The average molecular weight is 410 g/mol. The number of H-pyrrole nitrogens is 1. The van der Waals surface area contributed by atoms with Gasteiger partial charge >= 0.3 is 0 Å². The topological polar surface area (TPSA) is 87.1 Å². The summed E-state index contributed by atoms with van der Waals surface area (Å²) < 4.78 is 10.4. The van der Waals surface area contributed by atoms with Gasteiger partial charge in [-0.05, 0) is 35.8 Å². The molecule has 0 saturated carbocycles. The highest BCUT2D eigenvalue weighted by Gasteiger charge is 2.13. The lowest BCUT2D eigenvalue weighted by atomic mass is 10.1. The molecule has 0 fully saturated rings. The van der Waals surface area contributed by atoms with Gasteiger partial charge in [-0.3, -0.25) is 4.79 Å². The number of rotatable bonds is 7. The summed E-state index contributed by atoms with van der Waals surface area (Å²) in [6.45, 7) is 0.402. The van der Waals surface area contributed by atoms with Crippen LogP contribution in [0.1, 0.15) is 11.1 Å². The second-order valence-corrected chi connectivity index (χ2v) is 6.67. The Balaban J connectivity index is 1.71. The Kier molecular flexibility index (Phi) is 6.43. The average Bonchev–Trinajstić information content (AvgIpc) is 3.15. The Labute approximate surface area is 173 Å². The van der Waals surface area contributed by atoms with E-state index >= 15 is 0 Å². The van der Waals surface area contributed by atoms with Gasteiger partial charge in [0.05, 0.1) is 19.2 Å². The second kappa shape index (κ2) is 9.18. The number of aromatic amines is 1. The summed E-state index contributed by atoms with van der Waals surface area (Å²) in [5, 5.41) is 13.7. The van der Waals surface area contributed by atoms with Crippen LogP contribution in [-0.2, 0) is 11.2 Å². The number of para-hydroxylation sites is 1.